The normalized spacial score (nSPS) is 12.0. The monoisotopic (exact) mass is 209 g/mol. The summed E-state index contributed by atoms with van der Waals surface area (Å²) in [5, 5.41) is 0. The van der Waals surface area contributed by atoms with Crippen molar-refractivity contribution in [2.24, 2.45) is 0 Å². The molecule has 0 N–H and O–H groups in total. The number of hydrogen-bond donors (Lipinski definition) is 0. The molecule has 0 saturated heterocycles. The van der Waals surface area contributed by atoms with Gasteiger partial charge in [0, 0.05) is 0 Å². The SMILES string of the molecule is O=[C]C(Cc1ccccc1)c1ccccc1. The first-order valence-electron chi connectivity index (χ1n) is 5.36. The van der Waals surface area contributed by atoms with Crippen molar-refractivity contribution >= 4 is 6.29 Å². The highest BCUT2D eigenvalue weighted by Gasteiger charge is 2.11. The van der Waals surface area contributed by atoms with E-state index in [9.17, 15) is 4.79 Å². The van der Waals surface area contributed by atoms with Crippen LogP contribution < -0.4 is 0 Å². The maximum Gasteiger partial charge on any atom is 0.206 e. The first kappa shape index (κ1) is 10.6. The van der Waals surface area contributed by atoms with Crippen LogP contribution in [-0.2, 0) is 11.2 Å². The summed E-state index contributed by atoms with van der Waals surface area (Å²) in [7, 11) is 0. The van der Waals surface area contributed by atoms with E-state index in [0.717, 1.165) is 5.56 Å². The van der Waals surface area contributed by atoms with E-state index in [1.165, 1.54) is 5.56 Å². The molecule has 2 aromatic rings. The van der Waals surface area contributed by atoms with Crippen LogP contribution >= 0.6 is 0 Å². The van der Waals surface area contributed by atoms with Gasteiger partial charge in [-0.2, -0.15) is 0 Å². The smallest absolute Gasteiger partial charge is 0.206 e. The van der Waals surface area contributed by atoms with Crippen molar-refractivity contribution in [1.82, 2.24) is 0 Å². The standard InChI is InChI=1S/C15H13O/c16-12-15(14-9-5-2-6-10-14)11-13-7-3-1-4-8-13/h1-10,15H,11H2. The van der Waals surface area contributed by atoms with Crippen LogP contribution in [0.3, 0.4) is 0 Å². The molecule has 0 aliphatic carbocycles. The Hall–Kier alpha value is -1.89. The van der Waals surface area contributed by atoms with Gasteiger partial charge in [-0.1, -0.05) is 60.7 Å². The summed E-state index contributed by atoms with van der Waals surface area (Å²) < 4.78 is 0. The van der Waals surface area contributed by atoms with Crippen molar-refractivity contribution in [2.45, 2.75) is 12.3 Å². The van der Waals surface area contributed by atoms with E-state index in [1.54, 1.807) is 0 Å². The summed E-state index contributed by atoms with van der Waals surface area (Å²) in [4.78, 5) is 11.0. The highest BCUT2D eigenvalue weighted by Crippen LogP contribution is 2.18. The summed E-state index contributed by atoms with van der Waals surface area (Å²) in [6, 6.07) is 19.8. The predicted molar refractivity (Wildman–Crippen MR) is 65.0 cm³/mol. The highest BCUT2D eigenvalue weighted by atomic mass is 16.1. The van der Waals surface area contributed by atoms with Gasteiger partial charge in [0.25, 0.3) is 0 Å². The maximum atomic E-state index is 11.0. The average Bonchev–Trinajstić information content (AvgIpc) is 2.38. The molecule has 0 saturated carbocycles. The lowest BCUT2D eigenvalue weighted by Crippen LogP contribution is -2.03. The van der Waals surface area contributed by atoms with E-state index < -0.39 is 0 Å². The summed E-state index contributed by atoms with van der Waals surface area (Å²) in [6.07, 6.45) is 2.83. The molecule has 0 fully saturated rings. The van der Waals surface area contributed by atoms with Crippen molar-refractivity contribution in [2.75, 3.05) is 0 Å². The molecule has 0 bridgehead atoms. The first-order chi connectivity index (χ1) is 7.90. The van der Waals surface area contributed by atoms with Crippen LogP contribution in [0.4, 0.5) is 0 Å². The lowest BCUT2D eigenvalue weighted by atomic mass is 9.93. The van der Waals surface area contributed by atoms with Crippen molar-refractivity contribution < 1.29 is 4.79 Å². The molecule has 0 heterocycles. The van der Waals surface area contributed by atoms with Gasteiger partial charge < -0.3 is 0 Å². The van der Waals surface area contributed by atoms with E-state index in [2.05, 4.69) is 6.29 Å². The molecule has 0 amide bonds. The average molecular weight is 209 g/mol. The number of carbonyl (C=O) groups excluding carboxylic acids is 1. The Morgan fingerprint density at radius 2 is 1.44 bits per heavy atom. The number of rotatable bonds is 4. The van der Waals surface area contributed by atoms with Gasteiger partial charge in [-0.15, -0.1) is 0 Å². The minimum Gasteiger partial charge on any atom is -0.290 e. The zero-order chi connectivity index (χ0) is 11.2. The van der Waals surface area contributed by atoms with Gasteiger partial charge in [0.2, 0.25) is 6.29 Å². The molecule has 16 heavy (non-hydrogen) atoms. The first-order valence-corrected chi connectivity index (χ1v) is 5.36. The molecule has 0 aliphatic rings. The fourth-order valence-electron chi connectivity index (χ4n) is 1.76. The van der Waals surface area contributed by atoms with Gasteiger partial charge in [-0.25, -0.2) is 0 Å². The summed E-state index contributed by atoms with van der Waals surface area (Å²) in [6.45, 7) is 0. The van der Waals surface area contributed by atoms with Crippen LogP contribution in [-0.4, -0.2) is 6.29 Å². The van der Waals surface area contributed by atoms with Crippen molar-refractivity contribution in [3.05, 3.63) is 71.8 Å². The summed E-state index contributed by atoms with van der Waals surface area (Å²) in [5.41, 5.74) is 2.20. The van der Waals surface area contributed by atoms with Gasteiger partial charge in [-0.05, 0) is 17.5 Å². The molecule has 0 aliphatic heterocycles. The van der Waals surface area contributed by atoms with E-state index in [1.807, 2.05) is 60.7 Å². The molecular formula is C15H13O. The Balaban J connectivity index is 2.16. The molecular weight excluding hydrogens is 196 g/mol. The summed E-state index contributed by atoms with van der Waals surface area (Å²) in [5.74, 6) is -0.163. The largest absolute Gasteiger partial charge is 0.290 e. The second-order valence-electron chi connectivity index (χ2n) is 3.77. The Kier molecular flexibility index (Phi) is 3.50. The molecule has 1 radical (unpaired) electrons. The van der Waals surface area contributed by atoms with E-state index in [4.69, 9.17) is 0 Å². The van der Waals surface area contributed by atoms with Gasteiger partial charge in [0.1, 0.15) is 0 Å². The quantitative estimate of drug-likeness (QED) is 0.756. The van der Waals surface area contributed by atoms with E-state index in [-0.39, 0.29) is 5.92 Å². The second-order valence-corrected chi connectivity index (χ2v) is 3.77. The third kappa shape index (κ3) is 2.57. The highest BCUT2D eigenvalue weighted by molar-refractivity contribution is 5.63. The lowest BCUT2D eigenvalue weighted by molar-refractivity contribution is 0.542. The molecule has 79 valence electrons. The van der Waals surface area contributed by atoms with Gasteiger partial charge >= 0.3 is 0 Å². The summed E-state index contributed by atoms with van der Waals surface area (Å²) >= 11 is 0. The van der Waals surface area contributed by atoms with Crippen molar-refractivity contribution in [1.29, 1.82) is 0 Å². The zero-order valence-electron chi connectivity index (χ0n) is 8.97. The molecule has 1 nitrogen and oxygen atoms in total. The van der Waals surface area contributed by atoms with Crippen molar-refractivity contribution in [3.8, 4) is 0 Å². The molecule has 2 aromatic carbocycles. The maximum absolute atomic E-state index is 11.0. The van der Waals surface area contributed by atoms with Crippen LogP contribution in [0.15, 0.2) is 60.7 Å². The Labute approximate surface area is 95.7 Å². The van der Waals surface area contributed by atoms with Crippen LogP contribution in [0.5, 0.6) is 0 Å². The predicted octanol–water partition coefficient (Wildman–Crippen LogP) is 3.12. The van der Waals surface area contributed by atoms with Crippen molar-refractivity contribution in [3.63, 3.8) is 0 Å². The van der Waals surface area contributed by atoms with Crippen LogP contribution in [0.1, 0.15) is 17.0 Å². The molecule has 1 heteroatoms. The third-order valence-corrected chi connectivity index (χ3v) is 2.63. The molecule has 0 spiro atoms. The minimum atomic E-state index is -0.163. The van der Waals surface area contributed by atoms with Crippen LogP contribution in [0, 0.1) is 0 Å². The molecule has 0 aromatic heterocycles. The molecule has 2 rings (SSSR count). The van der Waals surface area contributed by atoms with Gasteiger partial charge in [0.15, 0.2) is 0 Å². The zero-order valence-corrected chi connectivity index (χ0v) is 8.97. The third-order valence-electron chi connectivity index (χ3n) is 2.63. The minimum absolute atomic E-state index is 0.163. The fourth-order valence-corrected chi connectivity index (χ4v) is 1.76. The lowest BCUT2D eigenvalue weighted by Gasteiger charge is -2.09. The number of benzene rings is 2. The second kappa shape index (κ2) is 5.26. The van der Waals surface area contributed by atoms with Crippen LogP contribution in [0.25, 0.3) is 0 Å². The number of hydrogen-bond acceptors (Lipinski definition) is 1. The Bertz CT molecular complexity index is 434. The Morgan fingerprint density at radius 3 is 2.00 bits per heavy atom. The van der Waals surface area contributed by atoms with Crippen LogP contribution in [0.2, 0.25) is 0 Å². The molecule has 1 unspecified atom stereocenters. The Morgan fingerprint density at radius 1 is 0.875 bits per heavy atom. The van der Waals surface area contributed by atoms with E-state index >= 15 is 0 Å². The van der Waals surface area contributed by atoms with Gasteiger partial charge in [0.05, 0.1) is 5.92 Å². The topological polar surface area (TPSA) is 17.1 Å². The fraction of sp³-hybridized carbons (Fsp3) is 0.133. The van der Waals surface area contributed by atoms with E-state index in [0.29, 0.717) is 6.42 Å². The molecule has 1 atom stereocenters. The van der Waals surface area contributed by atoms with Gasteiger partial charge in [-0.3, -0.25) is 4.79 Å².